The van der Waals surface area contributed by atoms with E-state index in [1.165, 1.54) is 0 Å². The molecular weight excluding hydrogens is 128 g/mol. The van der Waals surface area contributed by atoms with E-state index in [0.717, 1.165) is 6.42 Å². The van der Waals surface area contributed by atoms with Crippen molar-refractivity contribution in [3.05, 3.63) is 0 Å². The van der Waals surface area contributed by atoms with Crippen molar-refractivity contribution in [3.8, 4) is 0 Å². The number of hydrogen-bond acceptors (Lipinski definition) is 3. The third-order valence-corrected chi connectivity index (χ3v) is 1.08. The fourth-order valence-electron chi connectivity index (χ4n) is 0.365. The summed E-state index contributed by atoms with van der Waals surface area (Å²) < 4.78 is 0. The van der Waals surface area contributed by atoms with Gasteiger partial charge in [-0.3, -0.25) is 4.90 Å². The van der Waals surface area contributed by atoms with E-state index >= 15 is 0 Å². The molecule has 0 saturated heterocycles. The third-order valence-electron chi connectivity index (χ3n) is 1.08. The largest absolute Gasteiger partial charge is 0.397 e. The highest BCUT2D eigenvalue weighted by Gasteiger charge is 1.97. The molecule has 0 saturated carbocycles. The van der Waals surface area contributed by atoms with Gasteiger partial charge >= 0.3 is 0 Å². The molecule has 0 aromatic heterocycles. The van der Waals surface area contributed by atoms with Crippen LogP contribution in [-0.4, -0.2) is 36.9 Å². The molecule has 0 bridgehead atoms. The van der Waals surface area contributed by atoms with Crippen molar-refractivity contribution >= 4 is 0 Å². The second-order valence-electron chi connectivity index (χ2n) is 2.26. The summed E-state index contributed by atoms with van der Waals surface area (Å²) in [5.74, 6) is 0. The molecule has 3 nitrogen and oxygen atoms in total. The van der Waals surface area contributed by atoms with Crippen LogP contribution in [0.5, 0.6) is 0 Å². The molecule has 0 aliphatic heterocycles. The van der Waals surface area contributed by atoms with Crippen molar-refractivity contribution in [1.82, 2.24) is 4.90 Å². The van der Waals surface area contributed by atoms with Gasteiger partial charge in [-0.15, -0.1) is 0 Å². The first-order chi connectivity index (χ1) is 4.59. The van der Waals surface area contributed by atoms with E-state index in [2.05, 4.69) is 6.92 Å². The molecule has 0 amide bonds. The average molecular weight is 148 g/mol. The zero-order chi connectivity index (χ0) is 8.57. The molecule has 0 heterocycles. The molecule has 64 valence electrons. The standard InChI is InChI=1S/C5H14N2.C2H6O/c1-4-5(6)7(2)3;1-2-3/h5H,4,6H2,1-3H3;3H,2H2,1H3. The molecule has 10 heavy (non-hydrogen) atoms. The summed E-state index contributed by atoms with van der Waals surface area (Å²) in [6.07, 6.45) is 1.26. The van der Waals surface area contributed by atoms with Gasteiger partial charge in [-0.2, -0.15) is 0 Å². The number of aliphatic hydroxyl groups is 1. The molecular formula is C7H20N2O. The summed E-state index contributed by atoms with van der Waals surface area (Å²) in [5, 5.41) is 7.57. The van der Waals surface area contributed by atoms with E-state index < -0.39 is 0 Å². The Morgan fingerprint density at radius 2 is 1.70 bits per heavy atom. The Labute approximate surface area is 63.8 Å². The SMILES string of the molecule is CCC(N)N(C)C.CCO. The molecule has 0 aromatic rings. The lowest BCUT2D eigenvalue weighted by molar-refractivity contribution is 0.293. The quantitative estimate of drug-likeness (QED) is 0.552. The van der Waals surface area contributed by atoms with Gasteiger partial charge in [0.1, 0.15) is 0 Å². The molecule has 0 fully saturated rings. The van der Waals surface area contributed by atoms with E-state index in [9.17, 15) is 0 Å². The van der Waals surface area contributed by atoms with Crippen molar-refractivity contribution in [1.29, 1.82) is 0 Å². The highest BCUT2D eigenvalue weighted by Crippen LogP contribution is 1.86. The Morgan fingerprint density at radius 3 is 1.70 bits per heavy atom. The maximum absolute atomic E-state index is 7.57. The van der Waals surface area contributed by atoms with Crippen LogP contribution in [0.4, 0.5) is 0 Å². The van der Waals surface area contributed by atoms with E-state index in [0.29, 0.717) is 0 Å². The van der Waals surface area contributed by atoms with E-state index in [1.807, 2.05) is 19.0 Å². The summed E-state index contributed by atoms with van der Waals surface area (Å²) in [4.78, 5) is 2.00. The monoisotopic (exact) mass is 148 g/mol. The molecule has 1 unspecified atom stereocenters. The number of nitrogens with zero attached hydrogens (tertiary/aromatic N) is 1. The Hall–Kier alpha value is -0.120. The molecule has 0 radical (unpaired) electrons. The van der Waals surface area contributed by atoms with Gasteiger partial charge in [0, 0.05) is 6.61 Å². The number of hydrogen-bond donors (Lipinski definition) is 2. The minimum absolute atomic E-state index is 0.236. The maximum Gasteiger partial charge on any atom is 0.0563 e. The minimum atomic E-state index is 0.236. The zero-order valence-corrected chi connectivity index (χ0v) is 7.46. The van der Waals surface area contributed by atoms with E-state index in [-0.39, 0.29) is 12.8 Å². The van der Waals surface area contributed by atoms with E-state index in [1.54, 1.807) is 6.92 Å². The smallest absolute Gasteiger partial charge is 0.0563 e. The van der Waals surface area contributed by atoms with Gasteiger partial charge in [-0.1, -0.05) is 6.92 Å². The summed E-state index contributed by atoms with van der Waals surface area (Å²) in [7, 11) is 3.96. The van der Waals surface area contributed by atoms with Crippen LogP contribution < -0.4 is 5.73 Å². The van der Waals surface area contributed by atoms with Crippen molar-refractivity contribution in [2.75, 3.05) is 20.7 Å². The number of rotatable bonds is 2. The predicted molar refractivity (Wildman–Crippen MR) is 44.7 cm³/mol. The molecule has 0 rings (SSSR count). The topological polar surface area (TPSA) is 49.5 Å². The van der Waals surface area contributed by atoms with Crippen LogP contribution in [0.2, 0.25) is 0 Å². The highest BCUT2D eigenvalue weighted by molar-refractivity contribution is 4.51. The minimum Gasteiger partial charge on any atom is -0.397 e. The van der Waals surface area contributed by atoms with Crippen LogP contribution in [0.15, 0.2) is 0 Å². The molecule has 0 spiro atoms. The normalized spacial score (nSPS) is 12.3. The second-order valence-corrected chi connectivity index (χ2v) is 2.26. The lowest BCUT2D eigenvalue weighted by atomic mass is 10.4. The van der Waals surface area contributed by atoms with Crippen LogP contribution >= 0.6 is 0 Å². The lowest BCUT2D eigenvalue weighted by Crippen LogP contribution is -2.35. The Morgan fingerprint density at radius 1 is 1.40 bits per heavy atom. The van der Waals surface area contributed by atoms with Gasteiger partial charge in [-0.05, 0) is 27.4 Å². The van der Waals surface area contributed by atoms with Gasteiger partial charge in [0.25, 0.3) is 0 Å². The predicted octanol–water partition coefficient (Wildman–Crippen LogP) is 0.241. The van der Waals surface area contributed by atoms with Gasteiger partial charge in [0.2, 0.25) is 0 Å². The maximum atomic E-state index is 7.57. The number of nitrogens with two attached hydrogens (primary N) is 1. The summed E-state index contributed by atoms with van der Waals surface area (Å²) >= 11 is 0. The Kier molecular flexibility index (Phi) is 11.1. The van der Waals surface area contributed by atoms with Gasteiger partial charge < -0.3 is 10.8 Å². The summed E-state index contributed by atoms with van der Waals surface area (Å²) in [6.45, 7) is 4.00. The fourth-order valence-corrected chi connectivity index (χ4v) is 0.365. The first-order valence-corrected chi connectivity index (χ1v) is 3.62. The van der Waals surface area contributed by atoms with Crippen molar-refractivity contribution in [3.63, 3.8) is 0 Å². The van der Waals surface area contributed by atoms with Crippen LogP contribution in [0.1, 0.15) is 20.3 Å². The average Bonchev–Trinajstić information content (AvgIpc) is 1.88. The van der Waals surface area contributed by atoms with Gasteiger partial charge in [-0.25, -0.2) is 0 Å². The molecule has 3 N–H and O–H groups in total. The van der Waals surface area contributed by atoms with Crippen LogP contribution in [-0.2, 0) is 0 Å². The van der Waals surface area contributed by atoms with Crippen molar-refractivity contribution in [2.24, 2.45) is 5.73 Å². The number of aliphatic hydroxyl groups excluding tert-OH is 1. The zero-order valence-electron chi connectivity index (χ0n) is 7.46. The van der Waals surface area contributed by atoms with Gasteiger partial charge in [0.05, 0.1) is 6.17 Å². The highest BCUT2D eigenvalue weighted by atomic mass is 16.2. The molecule has 0 aliphatic rings. The molecule has 0 aromatic carbocycles. The fraction of sp³-hybridized carbons (Fsp3) is 1.00. The summed E-state index contributed by atoms with van der Waals surface area (Å²) in [6, 6.07) is 0. The van der Waals surface area contributed by atoms with Crippen LogP contribution in [0.3, 0.4) is 0 Å². The van der Waals surface area contributed by atoms with Crippen molar-refractivity contribution < 1.29 is 5.11 Å². The third kappa shape index (κ3) is 10.8. The lowest BCUT2D eigenvalue weighted by Gasteiger charge is -2.16. The first-order valence-electron chi connectivity index (χ1n) is 3.62. The van der Waals surface area contributed by atoms with E-state index in [4.69, 9.17) is 10.8 Å². The van der Waals surface area contributed by atoms with Gasteiger partial charge in [0.15, 0.2) is 0 Å². The Bertz CT molecular complexity index is 57.6. The summed E-state index contributed by atoms with van der Waals surface area (Å²) in [5.41, 5.74) is 5.54. The Balaban J connectivity index is 0. The first kappa shape index (κ1) is 12.5. The van der Waals surface area contributed by atoms with Crippen molar-refractivity contribution in [2.45, 2.75) is 26.4 Å². The second kappa shape index (κ2) is 8.88. The van der Waals surface area contributed by atoms with Crippen LogP contribution in [0, 0.1) is 0 Å². The molecule has 1 atom stereocenters. The molecule has 3 heteroatoms. The van der Waals surface area contributed by atoms with Crippen LogP contribution in [0.25, 0.3) is 0 Å². The molecule has 0 aliphatic carbocycles.